The molecule has 10 heteroatoms. The predicted octanol–water partition coefficient (Wildman–Crippen LogP) is 2.84. The van der Waals surface area contributed by atoms with Gasteiger partial charge in [-0.05, 0) is 11.6 Å². The number of halogens is 7. The Morgan fingerprint density at radius 1 is 1.12 bits per heavy atom. The van der Waals surface area contributed by atoms with Crippen molar-refractivity contribution in [3.8, 4) is 0 Å². The van der Waals surface area contributed by atoms with Gasteiger partial charge in [-0.2, -0.15) is 13.2 Å². The summed E-state index contributed by atoms with van der Waals surface area (Å²) in [5.41, 5.74) is -2.57. The van der Waals surface area contributed by atoms with Crippen LogP contribution in [0.1, 0.15) is 17.2 Å². The molecule has 0 radical (unpaired) electrons. The topological polar surface area (TPSA) is 35.5 Å². The van der Waals surface area contributed by atoms with Crippen LogP contribution in [0.2, 0.25) is 0 Å². The van der Waals surface area contributed by atoms with Gasteiger partial charge in [-0.1, -0.05) is 12.1 Å². The molecule has 1 aromatic carbocycles. The zero-order valence-corrected chi connectivity index (χ0v) is 13.2. The molecule has 24 heavy (non-hydrogen) atoms. The summed E-state index contributed by atoms with van der Waals surface area (Å²) in [6.07, 6.45) is -5.11. The number of nitrogens with zero attached hydrogens (tertiary/aromatic N) is 1. The number of hydrogen-bond acceptors (Lipinski definition) is 3. The van der Waals surface area contributed by atoms with Crippen LogP contribution in [-0.2, 0) is 6.18 Å². The van der Waals surface area contributed by atoms with Crippen molar-refractivity contribution in [3.05, 3.63) is 35.1 Å². The monoisotopic (exact) mass is 378 g/mol. The lowest BCUT2D eigenvalue weighted by molar-refractivity contribution is -0.147. The van der Waals surface area contributed by atoms with Gasteiger partial charge in [0.25, 0.3) is 5.92 Å². The quantitative estimate of drug-likeness (QED) is 0.791. The molecule has 1 saturated heterocycles. The first-order valence-corrected chi connectivity index (χ1v) is 6.97. The molecule has 0 spiro atoms. The average molecular weight is 379 g/mol. The van der Waals surface area contributed by atoms with Crippen LogP contribution in [0, 0.1) is 5.82 Å². The molecule has 0 bridgehead atoms. The Morgan fingerprint density at radius 3 is 2.21 bits per heavy atom. The third-order valence-corrected chi connectivity index (χ3v) is 3.75. The Bertz CT molecular complexity index is 549. The average Bonchev–Trinajstić information content (AvgIpc) is 2.47. The molecule has 1 aromatic rings. The number of aliphatic hydroxyl groups excluding tert-OH is 1. The standard InChI is InChI=1S/C14H16F6N2O.ClH/c15-10-3-1-2-9(11(10)14(18,19)20)12(13(16,17)8-23)22-6-4-21-5-7-22;/h1-3,12,21,23H,4-8H2;1H/t12-;/m1./s1. The largest absolute Gasteiger partial charge is 0.419 e. The molecule has 1 heterocycles. The maximum absolute atomic E-state index is 14.2. The fourth-order valence-corrected chi connectivity index (χ4v) is 2.79. The van der Waals surface area contributed by atoms with Crippen LogP contribution in [0.15, 0.2) is 18.2 Å². The second kappa shape index (κ2) is 7.90. The van der Waals surface area contributed by atoms with Crippen LogP contribution in [0.5, 0.6) is 0 Å². The van der Waals surface area contributed by atoms with Crippen LogP contribution in [-0.4, -0.2) is 48.7 Å². The number of benzene rings is 1. The number of alkyl halides is 5. The lowest BCUT2D eigenvalue weighted by Gasteiger charge is -2.39. The van der Waals surface area contributed by atoms with E-state index in [-0.39, 0.29) is 25.5 Å². The van der Waals surface area contributed by atoms with Crippen molar-refractivity contribution >= 4 is 12.4 Å². The number of piperazine rings is 1. The van der Waals surface area contributed by atoms with Gasteiger partial charge < -0.3 is 10.4 Å². The van der Waals surface area contributed by atoms with E-state index >= 15 is 0 Å². The van der Waals surface area contributed by atoms with Crippen molar-refractivity contribution < 1.29 is 31.4 Å². The van der Waals surface area contributed by atoms with E-state index in [1.807, 2.05) is 0 Å². The molecule has 0 unspecified atom stereocenters. The van der Waals surface area contributed by atoms with E-state index in [1.54, 1.807) is 0 Å². The Hall–Kier alpha value is -1.03. The zero-order valence-electron chi connectivity index (χ0n) is 12.4. The van der Waals surface area contributed by atoms with Crippen molar-refractivity contribution in [3.63, 3.8) is 0 Å². The summed E-state index contributed by atoms with van der Waals surface area (Å²) in [5.74, 6) is -5.45. The van der Waals surface area contributed by atoms with Gasteiger partial charge in [0.1, 0.15) is 18.5 Å². The molecule has 0 aromatic heterocycles. The molecule has 1 fully saturated rings. The molecule has 138 valence electrons. The Kier molecular flexibility index (Phi) is 6.92. The van der Waals surface area contributed by atoms with Gasteiger partial charge in [-0.15, -0.1) is 12.4 Å². The van der Waals surface area contributed by atoms with Crippen LogP contribution >= 0.6 is 12.4 Å². The fourth-order valence-electron chi connectivity index (χ4n) is 2.79. The van der Waals surface area contributed by atoms with Crippen molar-refractivity contribution in [2.24, 2.45) is 0 Å². The Morgan fingerprint density at radius 2 is 1.71 bits per heavy atom. The summed E-state index contributed by atoms with van der Waals surface area (Å²) < 4.78 is 81.5. The molecule has 2 rings (SSSR count). The predicted molar refractivity (Wildman–Crippen MR) is 77.9 cm³/mol. The van der Waals surface area contributed by atoms with Gasteiger partial charge in [0, 0.05) is 26.2 Å². The molecule has 3 nitrogen and oxygen atoms in total. The van der Waals surface area contributed by atoms with Gasteiger partial charge in [0.05, 0.1) is 5.56 Å². The smallest absolute Gasteiger partial charge is 0.390 e. The van der Waals surface area contributed by atoms with Crippen molar-refractivity contribution in [1.82, 2.24) is 10.2 Å². The molecule has 0 saturated carbocycles. The highest BCUT2D eigenvalue weighted by Gasteiger charge is 2.48. The fraction of sp³-hybridized carbons (Fsp3) is 0.571. The second-order valence-corrected chi connectivity index (χ2v) is 5.31. The molecule has 1 aliphatic heterocycles. The van der Waals surface area contributed by atoms with E-state index in [2.05, 4.69) is 5.32 Å². The molecule has 0 aliphatic carbocycles. The van der Waals surface area contributed by atoms with E-state index in [0.29, 0.717) is 19.2 Å². The first-order valence-electron chi connectivity index (χ1n) is 6.97. The van der Waals surface area contributed by atoms with Crippen molar-refractivity contribution in [1.29, 1.82) is 0 Å². The zero-order chi connectivity index (χ0) is 17.3. The number of hydrogen-bond donors (Lipinski definition) is 2. The first-order chi connectivity index (χ1) is 10.7. The van der Waals surface area contributed by atoms with Gasteiger partial charge in [0.2, 0.25) is 0 Å². The van der Waals surface area contributed by atoms with Crippen molar-refractivity contribution in [2.75, 3.05) is 32.8 Å². The van der Waals surface area contributed by atoms with E-state index < -0.39 is 41.7 Å². The summed E-state index contributed by atoms with van der Waals surface area (Å²) >= 11 is 0. The Labute approximate surface area is 141 Å². The highest BCUT2D eigenvalue weighted by Crippen LogP contribution is 2.43. The summed E-state index contributed by atoms with van der Waals surface area (Å²) in [7, 11) is 0. The van der Waals surface area contributed by atoms with E-state index in [4.69, 9.17) is 5.11 Å². The minimum Gasteiger partial charge on any atom is -0.390 e. The lowest BCUT2D eigenvalue weighted by atomic mass is 9.93. The summed E-state index contributed by atoms with van der Waals surface area (Å²) in [6.45, 7) is -0.874. The third kappa shape index (κ3) is 4.33. The molecular formula is C14H17ClF6N2O. The van der Waals surface area contributed by atoms with Gasteiger partial charge in [-0.25, -0.2) is 13.2 Å². The second-order valence-electron chi connectivity index (χ2n) is 5.31. The summed E-state index contributed by atoms with van der Waals surface area (Å²) in [6, 6.07) is 0.324. The highest BCUT2D eigenvalue weighted by molar-refractivity contribution is 5.85. The van der Waals surface area contributed by atoms with Crippen molar-refractivity contribution in [2.45, 2.75) is 18.1 Å². The van der Waals surface area contributed by atoms with E-state index in [9.17, 15) is 26.3 Å². The molecular weight excluding hydrogens is 362 g/mol. The van der Waals surface area contributed by atoms with Crippen LogP contribution in [0.4, 0.5) is 26.3 Å². The van der Waals surface area contributed by atoms with E-state index in [1.165, 1.54) is 0 Å². The summed E-state index contributed by atoms with van der Waals surface area (Å²) in [4.78, 5) is 1.14. The third-order valence-electron chi connectivity index (χ3n) is 3.75. The van der Waals surface area contributed by atoms with Gasteiger partial charge >= 0.3 is 6.18 Å². The number of rotatable bonds is 4. The molecule has 2 N–H and O–H groups in total. The molecule has 1 atom stereocenters. The number of aliphatic hydroxyl groups is 1. The minimum absolute atomic E-state index is 0. The van der Waals surface area contributed by atoms with Gasteiger partial charge in [0.15, 0.2) is 0 Å². The van der Waals surface area contributed by atoms with E-state index in [0.717, 1.165) is 17.0 Å². The lowest BCUT2D eigenvalue weighted by Crippen LogP contribution is -2.51. The SMILES string of the molecule is Cl.OCC(F)(F)[C@@H](c1cccc(F)c1C(F)(F)F)N1CCNCC1. The summed E-state index contributed by atoms with van der Waals surface area (Å²) in [5, 5.41) is 11.9. The number of nitrogens with one attached hydrogen (secondary N) is 1. The van der Waals surface area contributed by atoms with Crippen LogP contribution < -0.4 is 5.32 Å². The normalized spacial score (nSPS) is 18.1. The molecule has 1 aliphatic rings. The highest BCUT2D eigenvalue weighted by atomic mass is 35.5. The minimum atomic E-state index is -5.11. The van der Waals surface area contributed by atoms with Gasteiger partial charge in [-0.3, -0.25) is 4.90 Å². The maximum atomic E-state index is 14.2. The Balaban J connectivity index is 0.00000288. The first kappa shape index (κ1) is 21.0. The van der Waals surface area contributed by atoms with Crippen LogP contribution in [0.3, 0.4) is 0 Å². The molecule has 0 amide bonds. The van der Waals surface area contributed by atoms with Crippen LogP contribution in [0.25, 0.3) is 0 Å². The maximum Gasteiger partial charge on any atom is 0.419 e.